The van der Waals surface area contributed by atoms with Crippen LogP contribution in [0.1, 0.15) is 193 Å². The van der Waals surface area contributed by atoms with Crippen molar-refractivity contribution < 1.29 is 103 Å². The summed E-state index contributed by atoms with van der Waals surface area (Å²) in [5, 5.41) is 0. The van der Waals surface area contributed by atoms with Gasteiger partial charge in [-0.05, 0) is 314 Å². The van der Waals surface area contributed by atoms with E-state index in [2.05, 4.69) is 189 Å². The molecule has 12 atom stereocenters. The number of carbonyl (C=O) groups excluding carboxylic acids is 9. The number of alkyl halides is 4. The van der Waals surface area contributed by atoms with Crippen LogP contribution in [-0.2, 0) is 104 Å². The maximum absolute atomic E-state index is 13.6. The molecule has 9 aliphatic carbocycles. The Labute approximate surface area is 828 Å². The van der Waals surface area contributed by atoms with Crippen LogP contribution in [0, 0.1) is 87.3 Å². The minimum atomic E-state index is -3.65. The van der Waals surface area contributed by atoms with Gasteiger partial charge in [0.2, 0.25) is 0 Å². The first-order valence-electron chi connectivity index (χ1n) is 49.3. The molecule has 2 heterocycles. The minimum absolute atomic E-state index is 0.192. The highest BCUT2D eigenvalue weighted by atomic mass is 32.2. The van der Waals surface area contributed by atoms with Crippen molar-refractivity contribution >= 4 is 86.4 Å². The Morgan fingerprint density at radius 2 is 0.607 bits per heavy atom. The molecule has 18 nitrogen and oxygen atoms in total. The molecular formula is C115H129F4O18S3+3. The fourth-order valence-corrected chi connectivity index (χ4v) is 28.1. The zero-order valence-corrected chi connectivity index (χ0v) is 84.3. The van der Waals surface area contributed by atoms with E-state index in [9.17, 15) is 60.7 Å². The van der Waals surface area contributed by atoms with Crippen LogP contribution in [0.15, 0.2) is 299 Å². The summed E-state index contributed by atoms with van der Waals surface area (Å²) in [5.74, 6) is -13.7. The predicted octanol–water partition coefficient (Wildman–Crippen LogP) is 24.5. The number of fused-ring (bicyclic) bond motifs is 2. The lowest BCUT2D eigenvalue weighted by Crippen LogP contribution is -2.60. The summed E-state index contributed by atoms with van der Waals surface area (Å²) < 4.78 is 103. The number of carbonyl (C=O) groups is 9. The van der Waals surface area contributed by atoms with Gasteiger partial charge in [0.1, 0.15) is 52.9 Å². The molecule has 12 unspecified atom stereocenters. The van der Waals surface area contributed by atoms with E-state index in [1.807, 2.05) is 142 Å². The molecule has 9 saturated carbocycles. The summed E-state index contributed by atoms with van der Waals surface area (Å²) in [4.78, 5) is 123. The summed E-state index contributed by atoms with van der Waals surface area (Å²) in [6, 6.07) is 86.7. The van der Waals surface area contributed by atoms with Gasteiger partial charge in [0.25, 0.3) is 0 Å². The highest BCUT2D eigenvalue weighted by molar-refractivity contribution is 7.97. The second kappa shape index (κ2) is 43.4. The maximum Gasteiger partial charge on any atom is 0.377 e. The lowest BCUT2D eigenvalue weighted by atomic mass is 9.49. The highest BCUT2D eigenvalue weighted by Gasteiger charge is 2.73. The second-order valence-electron chi connectivity index (χ2n) is 41.1. The van der Waals surface area contributed by atoms with Gasteiger partial charge in [0.15, 0.2) is 44.1 Å². The lowest BCUT2D eigenvalue weighted by Gasteiger charge is -2.60. The van der Waals surface area contributed by atoms with Gasteiger partial charge in [-0.1, -0.05) is 143 Å². The molecule has 20 rings (SSSR count). The number of esters is 9. The minimum Gasteiger partial charge on any atom is -0.459 e. The van der Waals surface area contributed by atoms with E-state index in [0.717, 1.165) is 95.3 Å². The Bertz CT molecular complexity index is 5290. The smallest absolute Gasteiger partial charge is 0.377 e. The zero-order valence-electron chi connectivity index (χ0n) is 81.9. The standard InChI is InChI=1S/C24H30F2O6.3C24H25O2S.C19H24F2O6/c1-3-24(12-5-10-4-11(7-12)8-13(24)6-10)32-21(28)17-15-9-14-16(17)20(27)30-18(14)19(15)31-22(29)23(2,25)26;3*1-4-24(2,3)23(25)26-19-15-17-22(18-16-19)27(20-11-7-5-8-12-20)21-13-9-6-10-14-21;1-18(6-4-3-5-7-18)27-16(23)12-10-8-9-11(12)15(22)25-13(9)14(10)26-17(24)19(2,20)21/h10-19H,3-9H2,1-2H3;3*5-18H,4H2,1-3H3;9-14H,3-8H2,1-2H3/q;3*+1;. The first-order valence-corrected chi connectivity index (χ1v) is 53.0. The van der Waals surface area contributed by atoms with E-state index < -0.39 is 135 Å². The van der Waals surface area contributed by atoms with E-state index in [1.165, 1.54) is 50.5 Å². The van der Waals surface area contributed by atoms with Gasteiger partial charge < -0.3 is 42.6 Å². The molecule has 140 heavy (non-hydrogen) atoms. The monoisotopic (exact) mass is 1970 g/mol. The van der Waals surface area contributed by atoms with E-state index in [0.29, 0.717) is 55.8 Å². The Balaban J connectivity index is 0.000000133. The van der Waals surface area contributed by atoms with Crippen LogP contribution in [0.5, 0.6) is 17.2 Å². The number of hydrogen-bond acceptors (Lipinski definition) is 18. The molecule has 25 heteroatoms. The Hall–Kier alpha value is -11.0. The summed E-state index contributed by atoms with van der Waals surface area (Å²) in [6.07, 6.45) is 10.5. The first kappa shape index (κ1) is 103. The largest absolute Gasteiger partial charge is 0.459 e. The fraction of sp³-hybridized carbons (Fsp3) is 0.452. The van der Waals surface area contributed by atoms with Crippen molar-refractivity contribution in [2.24, 2.45) is 87.3 Å². The van der Waals surface area contributed by atoms with Crippen LogP contribution in [0.3, 0.4) is 0 Å². The molecular weight excluding hydrogens is 1840 g/mol. The van der Waals surface area contributed by atoms with Crippen molar-refractivity contribution in [2.75, 3.05) is 0 Å². The molecule has 11 aliphatic rings. The van der Waals surface area contributed by atoms with Gasteiger partial charge >= 0.3 is 65.6 Å². The van der Waals surface area contributed by atoms with Crippen LogP contribution in [0.2, 0.25) is 0 Å². The van der Waals surface area contributed by atoms with Crippen molar-refractivity contribution in [3.05, 3.63) is 255 Å². The average Bonchev–Trinajstić information content (AvgIpc) is 1.54. The summed E-state index contributed by atoms with van der Waals surface area (Å²) in [7, 11) is -0.584. The summed E-state index contributed by atoms with van der Waals surface area (Å²) in [6.45, 7) is 22.3. The highest BCUT2D eigenvalue weighted by Crippen LogP contribution is 2.64. The Morgan fingerprint density at radius 1 is 0.343 bits per heavy atom. The van der Waals surface area contributed by atoms with Crippen LogP contribution in [-0.4, -0.2) is 101 Å². The topological polar surface area (TPSA) is 237 Å². The van der Waals surface area contributed by atoms with Crippen molar-refractivity contribution in [1.82, 2.24) is 0 Å². The van der Waals surface area contributed by atoms with Crippen molar-refractivity contribution in [2.45, 2.75) is 284 Å². The molecule has 8 bridgehead atoms. The summed E-state index contributed by atoms with van der Waals surface area (Å²) in [5.41, 5.74) is -2.50. The zero-order chi connectivity index (χ0) is 100.0. The van der Waals surface area contributed by atoms with Crippen LogP contribution < -0.4 is 14.2 Å². The molecule has 0 N–H and O–H groups in total. The van der Waals surface area contributed by atoms with Gasteiger partial charge in [-0.25, -0.2) is 9.59 Å². The third-order valence-electron chi connectivity index (χ3n) is 30.5. The van der Waals surface area contributed by atoms with Crippen LogP contribution in [0.4, 0.5) is 17.6 Å². The molecule has 9 aromatic rings. The summed E-state index contributed by atoms with van der Waals surface area (Å²) >= 11 is 0. The molecule has 0 spiro atoms. The van der Waals surface area contributed by atoms with E-state index in [4.69, 9.17) is 42.6 Å². The molecule has 0 amide bonds. The SMILES string of the molecule is CC1(OC(=O)C2C3CC4C(OC(=O)C42)C3OC(=O)C(C)(F)F)CCCCC1.CCC(C)(C)C(=O)Oc1ccc([S+](c2ccccc2)c2ccccc2)cc1.CCC(C)(C)C(=O)Oc1ccc([S+](c2ccccc2)c2ccccc2)cc1.CCC(C)(C)C(=O)Oc1ccc([S+](c2ccccc2)c2ccccc2)cc1.CCC1(OC(=O)C2C3CC4C(OC(=O)C42)C3OC(=O)C(C)(F)F)C2CC3CC(C2)CC1C3. The second-order valence-corrected chi connectivity index (χ2v) is 47.2. The van der Waals surface area contributed by atoms with Gasteiger partial charge in [-0.3, -0.25) is 33.6 Å². The fourth-order valence-electron chi connectivity index (χ4n) is 21.8. The van der Waals surface area contributed by atoms with E-state index in [1.54, 1.807) is 0 Å². The van der Waals surface area contributed by atoms with Gasteiger partial charge in [0, 0.05) is 37.5 Å². The molecule has 2 saturated heterocycles. The molecule has 740 valence electrons. The first-order chi connectivity index (χ1) is 66.8. The molecule has 11 fully saturated rings. The van der Waals surface area contributed by atoms with Crippen molar-refractivity contribution in [3.8, 4) is 17.2 Å². The lowest BCUT2D eigenvalue weighted by molar-refractivity contribution is -0.218. The van der Waals surface area contributed by atoms with Crippen LogP contribution in [0.25, 0.3) is 0 Å². The Morgan fingerprint density at radius 3 is 0.864 bits per heavy atom. The molecule has 2 aliphatic heterocycles. The number of hydrogen-bond donors (Lipinski definition) is 0. The normalized spacial score (nSPS) is 25.6. The predicted molar refractivity (Wildman–Crippen MR) is 525 cm³/mol. The average molecular weight is 1970 g/mol. The van der Waals surface area contributed by atoms with Gasteiger partial charge in [-0.15, -0.1) is 0 Å². The van der Waals surface area contributed by atoms with E-state index in [-0.39, 0.29) is 62.4 Å². The number of benzene rings is 9. The van der Waals surface area contributed by atoms with Crippen molar-refractivity contribution in [1.29, 1.82) is 0 Å². The van der Waals surface area contributed by atoms with Gasteiger partial charge in [-0.2, -0.15) is 17.6 Å². The van der Waals surface area contributed by atoms with Crippen LogP contribution >= 0.6 is 0 Å². The maximum atomic E-state index is 13.6. The van der Waals surface area contributed by atoms with Crippen molar-refractivity contribution in [3.63, 3.8) is 0 Å². The molecule has 9 aromatic carbocycles. The number of halogens is 4. The number of rotatable bonds is 27. The molecule has 0 radical (unpaired) electrons. The molecule has 0 aromatic heterocycles. The number of ether oxygens (including phenoxy) is 9. The van der Waals surface area contributed by atoms with Gasteiger partial charge in [0.05, 0.1) is 72.6 Å². The third kappa shape index (κ3) is 22.8. The van der Waals surface area contributed by atoms with E-state index >= 15 is 0 Å². The third-order valence-corrected chi connectivity index (χ3v) is 37.1. The quantitative estimate of drug-likeness (QED) is 0.0153. The Kier molecular flexibility index (Phi) is 32.1.